The van der Waals surface area contributed by atoms with Gasteiger partial charge in [-0.25, -0.2) is 12.8 Å². The van der Waals surface area contributed by atoms with Gasteiger partial charge in [-0.15, -0.1) is 0 Å². The lowest BCUT2D eigenvalue weighted by molar-refractivity contribution is 0.0640. The molecule has 0 saturated carbocycles. The second-order valence-corrected chi connectivity index (χ2v) is 7.55. The Bertz CT molecular complexity index is 540. The number of hydrogen-bond acceptors (Lipinski definition) is 3. The van der Waals surface area contributed by atoms with Crippen molar-refractivity contribution in [3.8, 4) is 0 Å². The molecule has 0 aliphatic carbocycles. The second kappa shape index (κ2) is 5.24. The number of aliphatic hydroxyl groups is 1. The molecule has 1 aromatic carbocycles. The summed E-state index contributed by atoms with van der Waals surface area (Å²) in [7, 11) is -2.46. The third-order valence-corrected chi connectivity index (χ3v) is 4.65. The molecular formula is C11H15BrFNO3S. The number of benzene rings is 1. The van der Waals surface area contributed by atoms with E-state index in [0.717, 1.165) is 10.4 Å². The molecule has 0 aliphatic rings. The van der Waals surface area contributed by atoms with Crippen LogP contribution in [0.4, 0.5) is 4.39 Å². The number of nitrogens with zero attached hydrogens (tertiary/aromatic N) is 1. The van der Waals surface area contributed by atoms with Crippen molar-refractivity contribution in [1.29, 1.82) is 0 Å². The lowest BCUT2D eigenvalue weighted by Crippen LogP contribution is -2.39. The monoisotopic (exact) mass is 339 g/mol. The Morgan fingerprint density at radius 2 is 2.00 bits per heavy atom. The van der Waals surface area contributed by atoms with Crippen LogP contribution in [0.3, 0.4) is 0 Å². The van der Waals surface area contributed by atoms with E-state index < -0.39 is 21.4 Å². The van der Waals surface area contributed by atoms with E-state index in [2.05, 4.69) is 15.9 Å². The van der Waals surface area contributed by atoms with Gasteiger partial charge in [0.1, 0.15) is 5.82 Å². The number of hydrogen-bond donors (Lipinski definition) is 1. The number of rotatable bonds is 4. The molecule has 0 fully saturated rings. The van der Waals surface area contributed by atoms with Gasteiger partial charge in [-0.2, -0.15) is 4.31 Å². The molecule has 0 radical (unpaired) electrons. The van der Waals surface area contributed by atoms with Crippen LogP contribution in [-0.2, 0) is 10.0 Å². The molecule has 0 aromatic heterocycles. The van der Waals surface area contributed by atoms with Crippen LogP contribution in [0.15, 0.2) is 27.6 Å². The van der Waals surface area contributed by atoms with Gasteiger partial charge in [0.15, 0.2) is 0 Å². The average molecular weight is 340 g/mol. The second-order valence-electron chi connectivity index (χ2n) is 4.65. The van der Waals surface area contributed by atoms with Crippen LogP contribution < -0.4 is 0 Å². The van der Waals surface area contributed by atoms with Gasteiger partial charge in [-0.05, 0) is 48.0 Å². The van der Waals surface area contributed by atoms with Crippen molar-refractivity contribution in [3.63, 3.8) is 0 Å². The van der Waals surface area contributed by atoms with Crippen LogP contribution in [-0.4, -0.2) is 37.0 Å². The fourth-order valence-corrected chi connectivity index (χ4v) is 3.03. The molecule has 0 bridgehead atoms. The van der Waals surface area contributed by atoms with E-state index in [9.17, 15) is 17.9 Å². The lowest BCUT2D eigenvalue weighted by Gasteiger charge is -2.25. The van der Waals surface area contributed by atoms with E-state index in [-0.39, 0.29) is 15.9 Å². The van der Waals surface area contributed by atoms with Gasteiger partial charge in [-0.1, -0.05) is 0 Å². The first kappa shape index (κ1) is 15.6. The highest BCUT2D eigenvalue weighted by Crippen LogP contribution is 2.22. The summed E-state index contributed by atoms with van der Waals surface area (Å²) in [6, 6.07) is 3.59. The maximum absolute atomic E-state index is 13.3. The molecule has 1 aromatic rings. The van der Waals surface area contributed by atoms with Crippen molar-refractivity contribution >= 4 is 26.0 Å². The van der Waals surface area contributed by atoms with Crippen LogP contribution >= 0.6 is 15.9 Å². The van der Waals surface area contributed by atoms with Crippen molar-refractivity contribution in [2.24, 2.45) is 0 Å². The van der Waals surface area contributed by atoms with Crippen LogP contribution in [0.2, 0.25) is 0 Å². The Morgan fingerprint density at radius 3 is 2.44 bits per heavy atom. The van der Waals surface area contributed by atoms with Crippen molar-refractivity contribution in [2.45, 2.75) is 24.3 Å². The summed E-state index contributed by atoms with van der Waals surface area (Å²) in [5.41, 5.74) is -1.16. The molecule has 0 aliphatic heterocycles. The van der Waals surface area contributed by atoms with Crippen LogP contribution in [0.1, 0.15) is 13.8 Å². The van der Waals surface area contributed by atoms with Gasteiger partial charge in [0.2, 0.25) is 10.0 Å². The maximum Gasteiger partial charge on any atom is 0.243 e. The molecular weight excluding hydrogens is 325 g/mol. The molecule has 18 heavy (non-hydrogen) atoms. The summed E-state index contributed by atoms with van der Waals surface area (Å²) >= 11 is 2.96. The number of halogens is 2. The lowest BCUT2D eigenvalue weighted by atomic mass is 10.1. The SMILES string of the molecule is CN(CC(C)(C)O)S(=O)(=O)c1ccc(Br)c(F)c1. The smallest absolute Gasteiger partial charge is 0.243 e. The third kappa shape index (κ3) is 3.74. The largest absolute Gasteiger partial charge is 0.389 e. The van der Waals surface area contributed by atoms with Crippen LogP contribution in [0.25, 0.3) is 0 Å². The van der Waals surface area contributed by atoms with Crippen molar-refractivity contribution in [3.05, 3.63) is 28.5 Å². The van der Waals surface area contributed by atoms with Gasteiger partial charge in [0.05, 0.1) is 15.0 Å². The van der Waals surface area contributed by atoms with E-state index >= 15 is 0 Å². The molecule has 0 saturated heterocycles. The molecule has 0 heterocycles. The average Bonchev–Trinajstić information content (AvgIpc) is 2.19. The van der Waals surface area contributed by atoms with Crippen molar-refractivity contribution in [2.75, 3.05) is 13.6 Å². The first-order chi connectivity index (χ1) is 8.04. The zero-order chi connectivity index (χ0) is 14.1. The molecule has 4 nitrogen and oxygen atoms in total. The van der Waals surface area contributed by atoms with E-state index in [1.807, 2.05) is 0 Å². The minimum atomic E-state index is -3.80. The fraction of sp³-hybridized carbons (Fsp3) is 0.455. The quantitative estimate of drug-likeness (QED) is 0.912. The summed E-state index contributed by atoms with van der Waals surface area (Å²) in [5.74, 6) is -0.646. The zero-order valence-corrected chi connectivity index (χ0v) is 12.7. The van der Waals surface area contributed by atoms with Crippen LogP contribution in [0, 0.1) is 5.82 Å². The summed E-state index contributed by atoms with van der Waals surface area (Å²) in [5, 5.41) is 9.61. The Balaban J connectivity index is 3.10. The minimum Gasteiger partial charge on any atom is -0.389 e. The van der Waals surface area contributed by atoms with Gasteiger partial charge >= 0.3 is 0 Å². The molecule has 0 atom stereocenters. The summed E-state index contributed by atoms with van der Waals surface area (Å²) in [4.78, 5) is -0.144. The Hall–Kier alpha value is -0.500. The first-order valence-electron chi connectivity index (χ1n) is 5.18. The highest BCUT2D eigenvalue weighted by Gasteiger charge is 2.26. The summed E-state index contributed by atoms with van der Waals surface area (Å²) in [6.07, 6.45) is 0. The van der Waals surface area contributed by atoms with E-state index in [1.54, 1.807) is 0 Å². The van der Waals surface area contributed by atoms with Crippen molar-refractivity contribution < 1.29 is 17.9 Å². The molecule has 102 valence electrons. The highest BCUT2D eigenvalue weighted by atomic mass is 79.9. The summed E-state index contributed by atoms with van der Waals surface area (Å²) < 4.78 is 38.7. The predicted octanol–water partition coefficient (Wildman–Crippen LogP) is 1.98. The van der Waals surface area contributed by atoms with E-state index in [0.29, 0.717) is 0 Å². The summed E-state index contributed by atoms with van der Waals surface area (Å²) in [6.45, 7) is 2.93. The molecule has 1 N–H and O–H groups in total. The predicted molar refractivity (Wildman–Crippen MR) is 70.2 cm³/mol. The van der Waals surface area contributed by atoms with Crippen molar-refractivity contribution in [1.82, 2.24) is 4.31 Å². The zero-order valence-electron chi connectivity index (χ0n) is 10.3. The highest BCUT2D eigenvalue weighted by molar-refractivity contribution is 9.10. The Labute approximate surface area is 115 Å². The first-order valence-corrected chi connectivity index (χ1v) is 7.41. The van der Waals surface area contributed by atoms with Gasteiger partial charge in [0, 0.05) is 13.6 Å². The Kier molecular flexibility index (Phi) is 4.53. The topological polar surface area (TPSA) is 57.6 Å². The van der Waals surface area contributed by atoms with Crippen LogP contribution in [0.5, 0.6) is 0 Å². The fourth-order valence-electron chi connectivity index (χ4n) is 1.45. The normalized spacial score (nSPS) is 13.1. The third-order valence-electron chi connectivity index (χ3n) is 2.21. The number of sulfonamides is 1. The molecule has 1 rings (SSSR count). The van der Waals surface area contributed by atoms with Gasteiger partial charge in [-0.3, -0.25) is 0 Å². The van der Waals surface area contributed by atoms with Gasteiger partial charge in [0.25, 0.3) is 0 Å². The van der Waals surface area contributed by atoms with E-state index in [1.165, 1.54) is 33.0 Å². The molecule has 0 amide bonds. The molecule has 7 heteroatoms. The standard InChI is InChI=1S/C11H15BrFNO3S/c1-11(2,15)7-14(3)18(16,17)8-4-5-9(12)10(13)6-8/h4-6,15H,7H2,1-3H3. The minimum absolute atomic E-state index is 0.0764. The van der Waals surface area contributed by atoms with Gasteiger partial charge < -0.3 is 5.11 Å². The molecule has 0 spiro atoms. The van der Waals surface area contributed by atoms with E-state index in [4.69, 9.17) is 0 Å². The number of likely N-dealkylation sites (N-methyl/N-ethyl adjacent to an activating group) is 1. The maximum atomic E-state index is 13.3. The Morgan fingerprint density at radius 1 is 1.44 bits per heavy atom. The molecule has 0 unspecified atom stereocenters.